The Morgan fingerprint density at radius 2 is 1.78 bits per heavy atom. The van der Waals surface area contributed by atoms with E-state index in [0.29, 0.717) is 17.7 Å². The summed E-state index contributed by atoms with van der Waals surface area (Å²) in [5, 5.41) is 2.80. The number of nitrogens with zero attached hydrogens (tertiary/aromatic N) is 2. The molecule has 2 unspecified atom stereocenters. The molecule has 2 atom stereocenters. The maximum Gasteiger partial charge on any atom is 0.340 e. The minimum atomic E-state index is -0.467. The molecule has 2 amide bonds. The summed E-state index contributed by atoms with van der Waals surface area (Å²) in [7, 11) is 0. The van der Waals surface area contributed by atoms with Crippen LogP contribution in [-0.2, 0) is 14.3 Å². The van der Waals surface area contributed by atoms with E-state index in [2.05, 4.69) is 17.1 Å². The van der Waals surface area contributed by atoms with Crippen LogP contribution in [0.15, 0.2) is 24.3 Å². The fraction of sp³-hybridized carbons (Fsp3) is 0.550. The van der Waals surface area contributed by atoms with Gasteiger partial charge in [-0.25, -0.2) is 4.79 Å². The molecular weight excluding hydrogens is 346 g/mol. The number of piperazine rings is 1. The van der Waals surface area contributed by atoms with Crippen molar-refractivity contribution in [2.24, 2.45) is 11.8 Å². The number of carbonyl (C=O) groups is 3. The van der Waals surface area contributed by atoms with E-state index in [-0.39, 0.29) is 30.3 Å². The zero-order valence-electron chi connectivity index (χ0n) is 15.9. The molecule has 2 aliphatic rings. The predicted octanol–water partition coefficient (Wildman–Crippen LogP) is 1.60. The standard InChI is InChI=1S/C20H27N3O4/c1-3-22-9-11-23(12-10-22)19(25)16-13-15(16)18(24)21-17-8-6-5-7-14(17)20(26)27-4-2/h5-8,15-16H,3-4,9-13H2,1-2H3,(H,21,24). The molecule has 7 nitrogen and oxygen atoms in total. The summed E-state index contributed by atoms with van der Waals surface area (Å²) >= 11 is 0. The normalized spacial score (nSPS) is 22.2. The summed E-state index contributed by atoms with van der Waals surface area (Å²) < 4.78 is 5.03. The number of carbonyl (C=O) groups excluding carboxylic acids is 3. The molecule has 0 radical (unpaired) electrons. The van der Waals surface area contributed by atoms with Crippen LogP contribution in [0.1, 0.15) is 30.6 Å². The Morgan fingerprint density at radius 1 is 1.07 bits per heavy atom. The molecule has 1 N–H and O–H groups in total. The molecule has 1 aromatic carbocycles. The number of amides is 2. The Morgan fingerprint density at radius 3 is 2.44 bits per heavy atom. The SMILES string of the molecule is CCOC(=O)c1ccccc1NC(=O)C1CC1C(=O)N1CCN(CC)CC1. The Kier molecular flexibility index (Phi) is 6.11. The third-order valence-electron chi connectivity index (χ3n) is 5.26. The fourth-order valence-corrected chi connectivity index (χ4v) is 3.48. The predicted molar refractivity (Wildman–Crippen MR) is 101 cm³/mol. The highest BCUT2D eigenvalue weighted by Crippen LogP contribution is 2.41. The maximum atomic E-state index is 12.6. The first-order chi connectivity index (χ1) is 13.0. The van der Waals surface area contributed by atoms with Gasteiger partial charge in [-0.05, 0) is 32.0 Å². The first-order valence-electron chi connectivity index (χ1n) is 9.63. The van der Waals surface area contributed by atoms with Crippen molar-refractivity contribution in [3.05, 3.63) is 29.8 Å². The van der Waals surface area contributed by atoms with Gasteiger partial charge in [-0.2, -0.15) is 0 Å². The van der Waals surface area contributed by atoms with Crippen LogP contribution in [-0.4, -0.2) is 66.9 Å². The lowest BCUT2D eigenvalue weighted by Crippen LogP contribution is -2.49. The molecule has 1 aliphatic heterocycles. The van der Waals surface area contributed by atoms with Crippen molar-refractivity contribution >= 4 is 23.5 Å². The Balaban J connectivity index is 1.56. The van der Waals surface area contributed by atoms with Crippen LogP contribution in [0.5, 0.6) is 0 Å². The highest BCUT2D eigenvalue weighted by atomic mass is 16.5. The summed E-state index contributed by atoms with van der Waals surface area (Å²) in [5.41, 5.74) is 0.752. The number of esters is 1. The number of benzene rings is 1. The summed E-state index contributed by atoms with van der Waals surface area (Å²) in [5.74, 6) is -1.17. The number of para-hydroxylation sites is 1. The van der Waals surface area contributed by atoms with E-state index in [1.54, 1.807) is 31.2 Å². The van der Waals surface area contributed by atoms with Gasteiger partial charge in [0.25, 0.3) is 0 Å². The molecule has 2 fully saturated rings. The molecule has 1 aromatic rings. The second kappa shape index (κ2) is 8.52. The van der Waals surface area contributed by atoms with Gasteiger partial charge in [-0.15, -0.1) is 0 Å². The number of ether oxygens (including phenoxy) is 1. The topological polar surface area (TPSA) is 78.9 Å². The molecule has 1 saturated carbocycles. The molecule has 3 rings (SSSR count). The Hall–Kier alpha value is -2.41. The summed E-state index contributed by atoms with van der Waals surface area (Å²) in [6.07, 6.45) is 0.570. The van der Waals surface area contributed by atoms with E-state index in [4.69, 9.17) is 4.74 Å². The van der Waals surface area contributed by atoms with Crippen molar-refractivity contribution < 1.29 is 19.1 Å². The largest absolute Gasteiger partial charge is 0.462 e. The number of anilines is 1. The second-order valence-corrected chi connectivity index (χ2v) is 6.96. The monoisotopic (exact) mass is 373 g/mol. The molecule has 0 bridgehead atoms. The van der Waals surface area contributed by atoms with Crippen LogP contribution in [0, 0.1) is 11.8 Å². The lowest BCUT2D eigenvalue weighted by Gasteiger charge is -2.34. The molecule has 0 spiro atoms. The van der Waals surface area contributed by atoms with Gasteiger partial charge in [0.2, 0.25) is 11.8 Å². The summed E-state index contributed by atoms with van der Waals surface area (Å²) in [4.78, 5) is 41.4. The first-order valence-corrected chi connectivity index (χ1v) is 9.63. The zero-order valence-corrected chi connectivity index (χ0v) is 15.9. The highest BCUT2D eigenvalue weighted by Gasteiger charge is 2.49. The van der Waals surface area contributed by atoms with Gasteiger partial charge in [0.1, 0.15) is 0 Å². The third-order valence-corrected chi connectivity index (χ3v) is 5.26. The number of nitrogens with one attached hydrogen (secondary N) is 1. The Bertz CT molecular complexity index is 713. The molecule has 7 heteroatoms. The molecule has 27 heavy (non-hydrogen) atoms. The lowest BCUT2D eigenvalue weighted by atomic mass is 10.1. The van der Waals surface area contributed by atoms with Gasteiger partial charge in [0.05, 0.1) is 29.7 Å². The van der Waals surface area contributed by atoms with Crippen molar-refractivity contribution in [2.45, 2.75) is 20.3 Å². The second-order valence-electron chi connectivity index (χ2n) is 6.96. The van der Waals surface area contributed by atoms with Crippen LogP contribution in [0.4, 0.5) is 5.69 Å². The van der Waals surface area contributed by atoms with Gasteiger partial charge >= 0.3 is 5.97 Å². The van der Waals surface area contributed by atoms with Crippen molar-refractivity contribution in [1.82, 2.24) is 9.80 Å². The van der Waals surface area contributed by atoms with Gasteiger partial charge in [0, 0.05) is 26.2 Å². The van der Waals surface area contributed by atoms with E-state index in [1.165, 1.54) is 0 Å². The zero-order chi connectivity index (χ0) is 19.4. The van der Waals surface area contributed by atoms with E-state index in [0.717, 1.165) is 32.7 Å². The fourth-order valence-electron chi connectivity index (χ4n) is 3.48. The van der Waals surface area contributed by atoms with Crippen LogP contribution in [0.25, 0.3) is 0 Å². The molecular formula is C20H27N3O4. The smallest absolute Gasteiger partial charge is 0.340 e. The molecule has 1 aliphatic carbocycles. The number of hydrogen-bond donors (Lipinski definition) is 1. The number of hydrogen-bond acceptors (Lipinski definition) is 5. The minimum absolute atomic E-state index is 0.0737. The molecule has 1 saturated heterocycles. The Labute approximate surface area is 159 Å². The first kappa shape index (κ1) is 19.4. The lowest BCUT2D eigenvalue weighted by molar-refractivity contribution is -0.135. The minimum Gasteiger partial charge on any atom is -0.462 e. The van der Waals surface area contributed by atoms with E-state index in [9.17, 15) is 14.4 Å². The van der Waals surface area contributed by atoms with Crippen LogP contribution in [0.2, 0.25) is 0 Å². The average molecular weight is 373 g/mol. The molecule has 0 aromatic heterocycles. The van der Waals surface area contributed by atoms with Gasteiger partial charge in [0.15, 0.2) is 0 Å². The third kappa shape index (κ3) is 4.47. The van der Waals surface area contributed by atoms with Gasteiger partial charge < -0.3 is 19.9 Å². The summed E-state index contributed by atoms with van der Waals surface area (Å²) in [6, 6.07) is 6.77. The number of likely N-dealkylation sites (N-methyl/N-ethyl adjacent to an activating group) is 1. The van der Waals surface area contributed by atoms with E-state index >= 15 is 0 Å². The van der Waals surface area contributed by atoms with Crippen molar-refractivity contribution in [2.75, 3.05) is 44.6 Å². The summed E-state index contributed by atoms with van der Waals surface area (Å²) in [6.45, 7) is 8.35. The van der Waals surface area contributed by atoms with Crippen molar-refractivity contribution in [1.29, 1.82) is 0 Å². The van der Waals surface area contributed by atoms with E-state index in [1.807, 2.05) is 4.90 Å². The van der Waals surface area contributed by atoms with Gasteiger partial charge in [-0.1, -0.05) is 19.1 Å². The number of rotatable bonds is 6. The van der Waals surface area contributed by atoms with Crippen LogP contribution < -0.4 is 5.32 Å². The van der Waals surface area contributed by atoms with E-state index < -0.39 is 5.97 Å². The quantitative estimate of drug-likeness (QED) is 0.767. The molecule has 146 valence electrons. The maximum absolute atomic E-state index is 12.6. The van der Waals surface area contributed by atoms with Crippen molar-refractivity contribution in [3.63, 3.8) is 0 Å². The van der Waals surface area contributed by atoms with Gasteiger partial charge in [-0.3, -0.25) is 9.59 Å². The average Bonchev–Trinajstić information content (AvgIpc) is 3.49. The van der Waals surface area contributed by atoms with Crippen LogP contribution >= 0.6 is 0 Å². The highest BCUT2D eigenvalue weighted by molar-refractivity contribution is 6.04. The van der Waals surface area contributed by atoms with Crippen molar-refractivity contribution in [3.8, 4) is 0 Å². The van der Waals surface area contributed by atoms with Crippen LogP contribution in [0.3, 0.4) is 0 Å². The molecule has 1 heterocycles.